The first kappa shape index (κ1) is 17.1. The zero-order chi connectivity index (χ0) is 18.4. The van der Waals surface area contributed by atoms with E-state index in [1.54, 1.807) is 6.92 Å². The van der Waals surface area contributed by atoms with Crippen molar-refractivity contribution in [2.24, 2.45) is 39.9 Å². The van der Waals surface area contributed by atoms with E-state index in [1.807, 2.05) is 0 Å². The Morgan fingerprint density at radius 1 is 1.20 bits per heavy atom. The topological polar surface area (TPSA) is 94.8 Å². The third-order valence-electron chi connectivity index (χ3n) is 8.63. The van der Waals surface area contributed by atoms with Gasteiger partial charge in [-0.25, -0.2) is 0 Å². The number of hydrogen-bond acceptors (Lipinski definition) is 3. The molecule has 138 valence electrons. The predicted octanol–water partition coefficient (Wildman–Crippen LogP) is 2.93. The molecule has 25 heavy (non-hydrogen) atoms. The minimum absolute atomic E-state index is 0.0297. The summed E-state index contributed by atoms with van der Waals surface area (Å²) in [7, 11) is 0. The van der Waals surface area contributed by atoms with Crippen molar-refractivity contribution in [1.82, 2.24) is 0 Å². The van der Waals surface area contributed by atoms with Gasteiger partial charge in [-0.1, -0.05) is 25.5 Å². The van der Waals surface area contributed by atoms with Gasteiger partial charge in [0, 0.05) is 5.92 Å². The number of carbonyl (C=O) groups is 2. The van der Waals surface area contributed by atoms with Crippen molar-refractivity contribution >= 4 is 11.9 Å². The van der Waals surface area contributed by atoms with Gasteiger partial charge in [-0.2, -0.15) is 0 Å². The largest absolute Gasteiger partial charge is 0.481 e. The second-order valence-corrected chi connectivity index (χ2v) is 9.61. The van der Waals surface area contributed by atoms with Crippen molar-refractivity contribution in [3.8, 4) is 0 Å². The van der Waals surface area contributed by atoms with Crippen molar-refractivity contribution in [3.63, 3.8) is 0 Å². The summed E-state index contributed by atoms with van der Waals surface area (Å²) >= 11 is 0. The quantitative estimate of drug-likeness (QED) is 0.667. The summed E-state index contributed by atoms with van der Waals surface area (Å²) in [5.41, 5.74) is -0.856. The fraction of sp³-hybridized carbons (Fsp3) is 0.800. The molecule has 5 nitrogen and oxygen atoms in total. The molecule has 1 spiro atoms. The normalized spacial score (nSPS) is 54.0. The molecule has 4 aliphatic carbocycles. The molecule has 8 atom stereocenters. The lowest BCUT2D eigenvalue weighted by atomic mass is 9.53. The van der Waals surface area contributed by atoms with Crippen LogP contribution in [-0.4, -0.2) is 33.4 Å². The standard InChI is InChI=1S/C20H28O5/c1-10-8-20-9-11(10)12(21)7-13(20)18(2)5-4-6-19(3,17(24)25)15(18)14(20)16(22)23/h11-15,21H,1,4-9H2,2-3H3,(H,22,23)(H,24,25)/t11-,12+,13+,14-,15+,18+,19-,20+/m1/s1. The molecule has 0 saturated heterocycles. The van der Waals surface area contributed by atoms with Crippen molar-refractivity contribution in [1.29, 1.82) is 0 Å². The molecule has 0 amide bonds. The minimum atomic E-state index is -1.02. The third-order valence-corrected chi connectivity index (χ3v) is 8.63. The first-order valence-corrected chi connectivity index (χ1v) is 9.40. The number of aliphatic hydroxyl groups excluding tert-OH is 1. The van der Waals surface area contributed by atoms with Gasteiger partial charge < -0.3 is 15.3 Å². The maximum atomic E-state index is 12.4. The zero-order valence-electron chi connectivity index (χ0n) is 15.0. The van der Waals surface area contributed by atoms with E-state index in [4.69, 9.17) is 0 Å². The van der Waals surface area contributed by atoms with Crippen LogP contribution in [0.15, 0.2) is 12.2 Å². The molecule has 0 aromatic carbocycles. The van der Waals surface area contributed by atoms with Gasteiger partial charge in [-0.15, -0.1) is 0 Å². The van der Waals surface area contributed by atoms with Crippen LogP contribution < -0.4 is 0 Å². The predicted molar refractivity (Wildman–Crippen MR) is 90.7 cm³/mol. The average molecular weight is 348 g/mol. The van der Waals surface area contributed by atoms with Gasteiger partial charge in [-0.05, 0) is 61.7 Å². The van der Waals surface area contributed by atoms with Crippen LogP contribution in [0, 0.1) is 39.9 Å². The summed E-state index contributed by atoms with van der Waals surface area (Å²) < 4.78 is 0. The molecule has 4 aliphatic rings. The highest BCUT2D eigenvalue weighted by molar-refractivity contribution is 5.79. The summed E-state index contributed by atoms with van der Waals surface area (Å²) in [6.45, 7) is 7.99. The molecular weight excluding hydrogens is 320 g/mol. The number of aliphatic carboxylic acids is 2. The summed E-state index contributed by atoms with van der Waals surface area (Å²) in [6, 6.07) is 0. The van der Waals surface area contributed by atoms with Crippen molar-refractivity contribution in [2.45, 2.75) is 58.5 Å². The molecule has 0 heterocycles. The number of carboxylic acid groups (broad SMARTS) is 2. The molecule has 0 aromatic heterocycles. The molecule has 4 fully saturated rings. The van der Waals surface area contributed by atoms with Gasteiger partial charge in [0.05, 0.1) is 17.4 Å². The lowest BCUT2D eigenvalue weighted by Gasteiger charge is -2.50. The number of hydrogen-bond donors (Lipinski definition) is 3. The Bertz CT molecular complexity index is 671. The smallest absolute Gasteiger partial charge is 0.309 e. The molecule has 4 rings (SSSR count). The molecule has 0 aromatic rings. The highest BCUT2D eigenvalue weighted by atomic mass is 16.4. The Balaban J connectivity index is 1.93. The van der Waals surface area contributed by atoms with Crippen LogP contribution in [0.5, 0.6) is 0 Å². The van der Waals surface area contributed by atoms with Crippen molar-refractivity contribution < 1.29 is 24.9 Å². The summed E-state index contributed by atoms with van der Waals surface area (Å²) in [5, 5.41) is 30.9. The van der Waals surface area contributed by atoms with Gasteiger partial charge in [-0.3, -0.25) is 9.59 Å². The molecule has 2 bridgehead atoms. The van der Waals surface area contributed by atoms with E-state index < -0.39 is 40.7 Å². The molecule has 0 unspecified atom stereocenters. The van der Waals surface area contributed by atoms with Crippen LogP contribution in [0.3, 0.4) is 0 Å². The van der Waals surface area contributed by atoms with E-state index in [-0.39, 0.29) is 17.3 Å². The summed E-state index contributed by atoms with van der Waals surface area (Å²) in [6.07, 6.45) is 3.55. The van der Waals surface area contributed by atoms with Gasteiger partial charge in [0.1, 0.15) is 0 Å². The van der Waals surface area contributed by atoms with E-state index in [0.29, 0.717) is 25.7 Å². The monoisotopic (exact) mass is 348 g/mol. The molecule has 4 saturated carbocycles. The van der Waals surface area contributed by atoms with Gasteiger partial charge in [0.15, 0.2) is 0 Å². The van der Waals surface area contributed by atoms with Gasteiger partial charge in [0.25, 0.3) is 0 Å². The Hall–Kier alpha value is -1.36. The van der Waals surface area contributed by atoms with Gasteiger partial charge in [0.2, 0.25) is 0 Å². The molecular formula is C20H28O5. The summed E-state index contributed by atoms with van der Waals surface area (Å²) in [4.78, 5) is 24.7. The first-order valence-electron chi connectivity index (χ1n) is 9.40. The second-order valence-electron chi connectivity index (χ2n) is 9.61. The van der Waals surface area contributed by atoms with E-state index in [9.17, 15) is 24.9 Å². The number of carboxylic acids is 2. The maximum absolute atomic E-state index is 12.4. The first-order chi connectivity index (χ1) is 11.6. The Kier molecular flexibility index (Phi) is 3.33. The Morgan fingerprint density at radius 2 is 1.88 bits per heavy atom. The van der Waals surface area contributed by atoms with Crippen LogP contribution >= 0.6 is 0 Å². The number of aliphatic hydroxyl groups is 1. The minimum Gasteiger partial charge on any atom is -0.481 e. The number of fused-ring (bicyclic) bond motifs is 3. The summed E-state index contributed by atoms with van der Waals surface area (Å²) in [5.74, 6) is -2.78. The van der Waals surface area contributed by atoms with E-state index in [0.717, 1.165) is 18.4 Å². The highest BCUT2D eigenvalue weighted by Gasteiger charge is 2.76. The van der Waals surface area contributed by atoms with Crippen molar-refractivity contribution in [2.75, 3.05) is 0 Å². The molecule has 0 aliphatic heterocycles. The average Bonchev–Trinajstić information content (AvgIpc) is 2.92. The highest BCUT2D eigenvalue weighted by Crippen LogP contribution is 2.77. The lowest BCUT2D eigenvalue weighted by Crippen LogP contribution is -2.50. The third kappa shape index (κ3) is 1.83. The van der Waals surface area contributed by atoms with Crippen LogP contribution in [0.25, 0.3) is 0 Å². The SMILES string of the molecule is C=C1C[C@]23C[C@H]1[C@@H](O)C[C@H]2[C@]1(C)CCC[C@@](C)(C(=O)O)[C@H]1[C@@H]3C(=O)O. The van der Waals surface area contributed by atoms with E-state index >= 15 is 0 Å². The van der Waals surface area contributed by atoms with Crippen molar-refractivity contribution in [3.05, 3.63) is 12.2 Å². The molecule has 0 radical (unpaired) electrons. The van der Waals surface area contributed by atoms with Crippen LogP contribution in [0.4, 0.5) is 0 Å². The van der Waals surface area contributed by atoms with E-state index in [1.165, 1.54) is 0 Å². The Morgan fingerprint density at radius 3 is 2.48 bits per heavy atom. The van der Waals surface area contributed by atoms with Gasteiger partial charge >= 0.3 is 11.9 Å². The van der Waals surface area contributed by atoms with Crippen LogP contribution in [-0.2, 0) is 9.59 Å². The van der Waals surface area contributed by atoms with Crippen LogP contribution in [0.2, 0.25) is 0 Å². The number of rotatable bonds is 2. The van der Waals surface area contributed by atoms with Crippen LogP contribution in [0.1, 0.15) is 52.4 Å². The molecule has 3 N–H and O–H groups in total. The fourth-order valence-electron chi connectivity index (χ4n) is 7.85. The fourth-order valence-corrected chi connectivity index (χ4v) is 7.85. The maximum Gasteiger partial charge on any atom is 0.309 e. The lowest BCUT2D eigenvalue weighted by molar-refractivity contribution is -0.166. The second kappa shape index (κ2) is 4.87. The van der Waals surface area contributed by atoms with E-state index in [2.05, 4.69) is 13.5 Å². The zero-order valence-corrected chi connectivity index (χ0v) is 15.0. The Labute approximate surface area is 148 Å². The molecule has 5 heteroatoms.